The molecule has 1 saturated carbocycles. The lowest BCUT2D eigenvalue weighted by Crippen LogP contribution is -2.24. The Balaban J connectivity index is 1.60. The molecule has 0 aromatic heterocycles. The van der Waals surface area contributed by atoms with Gasteiger partial charge in [0.2, 0.25) is 0 Å². The van der Waals surface area contributed by atoms with Crippen LogP contribution < -0.4 is 0 Å². The minimum absolute atomic E-state index is 0.0266. The Morgan fingerprint density at radius 2 is 2.08 bits per heavy atom. The highest BCUT2D eigenvalue weighted by atomic mass is 31.1. The Morgan fingerprint density at radius 3 is 2.80 bits per heavy atom. The van der Waals surface area contributed by atoms with E-state index in [1.165, 1.54) is 0 Å². The second kappa shape index (κ2) is 8.58. The van der Waals surface area contributed by atoms with Gasteiger partial charge in [-0.25, -0.2) is 0 Å². The fourth-order valence-electron chi connectivity index (χ4n) is 3.73. The number of rotatable bonds is 7. The summed E-state index contributed by atoms with van der Waals surface area (Å²) in [6.07, 6.45) is 5.77. The first kappa shape index (κ1) is 18.8. The van der Waals surface area contributed by atoms with E-state index in [4.69, 9.17) is 9.39 Å². The highest BCUT2D eigenvalue weighted by molar-refractivity contribution is 7.92. The molecule has 1 aromatic carbocycles. The number of carbonyl (C=O) groups excluding carboxylic acids is 2. The van der Waals surface area contributed by atoms with E-state index in [1.807, 2.05) is 36.4 Å². The predicted octanol–water partition coefficient (Wildman–Crippen LogP) is 2.82. The molecule has 0 bridgehead atoms. The molecular weight excluding hydrogens is 353 g/mol. The zero-order chi connectivity index (χ0) is 17.8. The van der Waals surface area contributed by atoms with Crippen LogP contribution in [0.15, 0.2) is 42.5 Å². The van der Waals surface area contributed by atoms with Crippen LogP contribution >= 0.6 is 18.2 Å². The van der Waals surface area contributed by atoms with E-state index >= 15 is 0 Å². The molecule has 1 saturated heterocycles. The van der Waals surface area contributed by atoms with Crippen LogP contribution in [-0.4, -0.2) is 30.3 Å². The fourth-order valence-corrected chi connectivity index (χ4v) is 4.13. The van der Waals surface area contributed by atoms with Crippen LogP contribution in [0.4, 0.5) is 0 Å². The van der Waals surface area contributed by atoms with Crippen LogP contribution in [0.3, 0.4) is 0 Å². The first-order valence-electron chi connectivity index (χ1n) is 8.64. The van der Waals surface area contributed by atoms with Crippen molar-refractivity contribution in [1.82, 2.24) is 0 Å². The Morgan fingerprint density at radius 1 is 1.32 bits per heavy atom. The van der Waals surface area contributed by atoms with Crippen LogP contribution in [0, 0.1) is 11.8 Å². The Bertz CT molecular complexity index is 650. The van der Waals surface area contributed by atoms with Gasteiger partial charge in [-0.05, 0) is 18.1 Å². The van der Waals surface area contributed by atoms with Crippen molar-refractivity contribution in [2.45, 2.75) is 37.9 Å². The van der Waals surface area contributed by atoms with Crippen LogP contribution in [0.1, 0.15) is 24.8 Å². The molecule has 1 aliphatic carbocycles. The normalized spacial score (nSPS) is 28.2. The quantitative estimate of drug-likeness (QED) is 0.318. The average molecular weight is 376 g/mol. The van der Waals surface area contributed by atoms with Gasteiger partial charge >= 0.3 is 12.3 Å². The summed E-state index contributed by atoms with van der Waals surface area (Å²) in [5, 5.41) is 0. The molecule has 25 heavy (non-hydrogen) atoms. The van der Waals surface area contributed by atoms with Crippen molar-refractivity contribution in [3.05, 3.63) is 48.0 Å². The van der Waals surface area contributed by atoms with E-state index in [2.05, 4.69) is 18.2 Å². The molecule has 3 unspecified atom stereocenters. The van der Waals surface area contributed by atoms with Crippen molar-refractivity contribution in [3.8, 4) is 0 Å². The van der Waals surface area contributed by atoms with E-state index in [0.29, 0.717) is 19.3 Å². The third-order valence-electron chi connectivity index (χ3n) is 4.89. The molecule has 0 spiro atoms. The number of allylic oxidation sites excluding steroid dienone is 1. The highest BCUT2D eigenvalue weighted by Gasteiger charge is 2.49. The number of aryl methyl sites for hydroxylation is 1. The summed E-state index contributed by atoms with van der Waals surface area (Å²) in [5.41, 5.74) is 1.16. The average Bonchev–Trinajstić information content (AvgIpc) is 3.07. The van der Waals surface area contributed by atoms with Crippen molar-refractivity contribution in [3.63, 3.8) is 0 Å². The van der Waals surface area contributed by atoms with Gasteiger partial charge in [-0.2, -0.15) is 0 Å². The van der Waals surface area contributed by atoms with Gasteiger partial charge in [0, 0.05) is 24.7 Å². The summed E-state index contributed by atoms with van der Waals surface area (Å²) < 4.78 is 11.3. The Labute approximate surface area is 153 Å². The number of hydrogen-bond acceptors (Lipinski definition) is 4. The van der Waals surface area contributed by atoms with Gasteiger partial charge in [-0.3, -0.25) is 9.59 Å². The minimum atomic E-state index is -0.143. The molecule has 0 amide bonds. The van der Waals surface area contributed by atoms with Gasteiger partial charge in [-0.1, -0.05) is 36.4 Å². The SMILES string of the molecule is O=C(/C=C/[C@H]1[C@H](OB(P)P)CC2OC(=O)C[C@@H]21)CCc1ccccc1. The van der Waals surface area contributed by atoms with E-state index in [1.54, 1.807) is 6.08 Å². The summed E-state index contributed by atoms with van der Waals surface area (Å²) in [5.74, 6) is 0.116. The van der Waals surface area contributed by atoms with Crippen molar-refractivity contribution >= 4 is 36.3 Å². The summed E-state index contributed by atoms with van der Waals surface area (Å²) in [6.45, 7) is 0. The zero-order valence-corrected chi connectivity index (χ0v) is 16.4. The molecule has 1 heterocycles. The van der Waals surface area contributed by atoms with Gasteiger partial charge in [0.15, 0.2) is 5.78 Å². The first-order valence-corrected chi connectivity index (χ1v) is 9.97. The van der Waals surface area contributed by atoms with Crippen molar-refractivity contribution < 1.29 is 19.0 Å². The molecule has 2 fully saturated rings. The monoisotopic (exact) mass is 376 g/mol. The third kappa shape index (κ3) is 5.00. The minimum Gasteiger partial charge on any atom is -0.462 e. The summed E-state index contributed by atoms with van der Waals surface area (Å²) >= 11 is 0. The van der Waals surface area contributed by atoms with Crippen molar-refractivity contribution in [2.24, 2.45) is 11.8 Å². The summed E-state index contributed by atoms with van der Waals surface area (Å²) in [6, 6.07) is 9.99. The molecule has 7 heteroatoms. The van der Waals surface area contributed by atoms with Gasteiger partial charge in [0.1, 0.15) is 6.10 Å². The smallest absolute Gasteiger partial charge is 0.336 e. The molecule has 0 radical (unpaired) electrons. The molecule has 6 atom stereocenters. The molecule has 4 nitrogen and oxygen atoms in total. The van der Waals surface area contributed by atoms with E-state index < -0.39 is 0 Å². The van der Waals surface area contributed by atoms with E-state index in [9.17, 15) is 9.59 Å². The van der Waals surface area contributed by atoms with E-state index in [-0.39, 0.29) is 42.2 Å². The van der Waals surface area contributed by atoms with Gasteiger partial charge in [0.25, 0.3) is 0 Å². The number of esters is 1. The van der Waals surface area contributed by atoms with Gasteiger partial charge in [-0.15, -0.1) is 18.2 Å². The third-order valence-corrected chi connectivity index (χ3v) is 5.20. The van der Waals surface area contributed by atoms with E-state index in [0.717, 1.165) is 12.0 Å². The maximum Gasteiger partial charge on any atom is 0.336 e. The number of ether oxygens (including phenoxy) is 1. The largest absolute Gasteiger partial charge is 0.462 e. The van der Waals surface area contributed by atoms with Crippen LogP contribution in [-0.2, 0) is 25.4 Å². The standard InChI is InChI=1S/C18H23BO4P2/c20-13(7-6-12-4-2-1-3-5-12)8-9-14-15-10-18(21)22-16(15)11-17(14)23-19(24)25/h1-5,8-9,14-17H,6-7,10-11,24-25H2/b9-8+/t14-,15-,16?,17-/m1/s1. The second-order valence-electron chi connectivity index (χ2n) is 6.66. The second-order valence-corrected chi connectivity index (χ2v) is 8.74. The lowest BCUT2D eigenvalue weighted by atomic mass is 9.91. The van der Waals surface area contributed by atoms with Crippen molar-refractivity contribution in [2.75, 3.05) is 0 Å². The van der Waals surface area contributed by atoms with Crippen molar-refractivity contribution in [1.29, 1.82) is 0 Å². The fraction of sp³-hybridized carbons (Fsp3) is 0.444. The number of carbonyl (C=O) groups is 2. The Hall–Kier alpha value is -1.02. The van der Waals surface area contributed by atoms with Crippen LogP contribution in [0.2, 0.25) is 0 Å². The number of hydrogen-bond donors (Lipinski definition) is 0. The first-order chi connectivity index (χ1) is 12.0. The number of benzene rings is 1. The molecule has 1 aromatic rings. The van der Waals surface area contributed by atoms with Crippen LogP contribution in [0.5, 0.6) is 0 Å². The lowest BCUT2D eigenvalue weighted by Gasteiger charge is -2.21. The zero-order valence-electron chi connectivity index (χ0n) is 14.0. The lowest BCUT2D eigenvalue weighted by molar-refractivity contribution is -0.141. The van der Waals surface area contributed by atoms with Gasteiger partial charge in [0.05, 0.1) is 12.5 Å². The summed E-state index contributed by atoms with van der Waals surface area (Å²) in [4.78, 5) is 23.8. The topological polar surface area (TPSA) is 52.6 Å². The molecular formula is C18H23BO4P2. The van der Waals surface area contributed by atoms with Crippen LogP contribution in [0.25, 0.3) is 0 Å². The predicted molar refractivity (Wildman–Crippen MR) is 105 cm³/mol. The summed E-state index contributed by atoms with van der Waals surface area (Å²) in [7, 11) is 5.19. The van der Waals surface area contributed by atoms with Gasteiger partial charge < -0.3 is 9.39 Å². The highest BCUT2D eigenvalue weighted by Crippen LogP contribution is 2.44. The molecule has 0 N–H and O–H groups in total. The molecule has 1 aliphatic heterocycles. The maximum atomic E-state index is 12.2. The molecule has 2 aliphatic rings. The maximum absolute atomic E-state index is 12.2. The molecule has 132 valence electrons. The number of fused-ring (bicyclic) bond motifs is 1. The molecule has 3 rings (SSSR count). The number of ketones is 1. The Kier molecular flexibility index (Phi) is 6.44.